The lowest BCUT2D eigenvalue weighted by molar-refractivity contribution is -0.127. The van der Waals surface area contributed by atoms with E-state index in [0.29, 0.717) is 22.4 Å². The number of imide groups is 1. The number of nitrogens with one attached hydrogen (secondary N) is 1. The minimum atomic E-state index is -0.464. The topological polar surface area (TPSA) is 79.0 Å². The molecule has 2 aliphatic heterocycles. The molecule has 4 rings (SSSR count). The molecule has 37 heavy (non-hydrogen) atoms. The number of thioether (sulfide) groups is 1. The van der Waals surface area contributed by atoms with Crippen LogP contribution in [0.25, 0.3) is 11.6 Å². The summed E-state index contributed by atoms with van der Waals surface area (Å²) in [6, 6.07) is 11.4. The fourth-order valence-corrected chi connectivity index (χ4v) is 5.94. The second kappa shape index (κ2) is 10.1. The van der Waals surface area contributed by atoms with Crippen molar-refractivity contribution in [2.75, 3.05) is 23.9 Å². The molecular weight excluding hydrogens is 486 g/mol. The van der Waals surface area contributed by atoms with E-state index in [4.69, 9.17) is 4.74 Å². The van der Waals surface area contributed by atoms with Crippen LogP contribution in [-0.4, -0.2) is 47.2 Å². The highest BCUT2D eigenvalue weighted by Gasteiger charge is 2.37. The van der Waals surface area contributed by atoms with Gasteiger partial charge in [0.2, 0.25) is 5.91 Å². The highest BCUT2D eigenvalue weighted by atomic mass is 32.2. The number of hydrogen-bond acceptors (Lipinski definition) is 6. The molecule has 1 fully saturated rings. The van der Waals surface area contributed by atoms with E-state index in [-0.39, 0.29) is 12.1 Å². The number of aryl methyl sites for hydroxylation is 1. The van der Waals surface area contributed by atoms with E-state index in [9.17, 15) is 14.4 Å². The molecule has 7 nitrogen and oxygen atoms in total. The standard InChI is InChI=1S/C29H33N3O4S/c1-17(2)32-24-12-18(3)20(13-23(24)19(4)15-29(32,5)6)14-25-27(34)31(28(35)37-25)16-26(33)30-21-8-10-22(36-7)11-9-21/h8-15,17H,16H2,1-7H3,(H,30,33)/b25-14-. The van der Waals surface area contributed by atoms with Crippen molar-refractivity contribution in [2.24, 2.45) is 0 Å². The molecule has 0 saturated carbocycles. The van der Waals surface area contributed by atoms with Crippen molar-refractivity contribution < 1.29 is 19.1 Å². The molecule has 2 heterocycles. The van der Waals surface area contributed by atoms with Crippen LogP contribution in [-0.2, 0) is 9.59 Å². The third kappa shape index (κ3) is 5.30. The first kappa shape index (κ1) is 26.5. The molecule has 0 spiro atoms. The molecule has 0 radical (unpaired) electrons. The summed E-state index contributed by atoms with van der Waals surface area (Å²) in [6.07, 6.45) is 4.03. The summed E-state index contributed by atoms with van der Waals surface area (Å²) in [5.41, 5.74) is 5.78. The van der Waals surface area contributed by atoms with Gasteiger partial charge >= 0.3 is 0 Å². The SMILES string of the molecule is COc1ccc(NC(=O)CN2C(=O)S/C(=C\c3cc4c(cc3C)N(C(C)C)C(C)(C)C=C4C)C2=O)cc1. The van der Waals surface area contributed by atoms with Crippen molar-refractivity contribution in [1.29, 1.82) is 0 Å². The van der Waals surface area contributed by atoms with E-state index < -0.39 is 17.1 Å². The molecule has 1 N–H and O–H groups in total. The number of hydrogen-bond donors (Lipinski definition) is 1. The van der Waals surface area contributed by atoms with E-state index in [0.717, 1.165) is 39.0 Å². The lowest BCUT2D eigenvalue weighted by Crippen LogP contribution is -2.49. The zero-order chi connectivity index (χ0) is 27.1. The molecule has 3 amide bonds. The van der Waals surface area contributed by atoms with Gasteiger partial charge in [0.15, 0.2) is 0 Å². The highest BCUT2D eigenvalue weighted by molar-refractivity contribution is 8.18. The van der Waals surface area contributed by atoms with Crippen molar-refractivity contribution in [3.63, 3.8) is 0 Å². The predicted octanol–water partition coefficient (Wildman–Crippen LogP) is 6.09. The number of ether oxygens (including phenoxy) is 1. The minimum absolute atomic E-state index is 0.117. The second-order valence-corrected chi connectivity index (χ2v) is 11.2. The molecule has 194 valence electrons. The molecule has 2 aromatic carbocycles. The third-order valence-corrected chi connectivity index (χ3v) is 7.52. The summed E-state index contributed by atoms with van der Waals surface area (Å²) >= 11 is 0.859. The predicted molar refractivity (Wildman–Crippen MR) is 151 cm³/mol. The van der Waals surface area contributed by atoms with Gasteiger partial charge in [0.05, 0.1) is 17.6 Å². The van der Waals surface area contributed by atoms with Crippen molar-refractivity contribution in [1.82, 2.24) is 4.90 Å². The van der Waals surface area contributed by atoms with Gasteiger partial charge in [-0.05, 0) is 112 Å². The normalized spacial score (nSPS) is 17.8. The molecule has 0 bridgehead atoms. The molecule has 8 heteroatoms. The van der Waals surface area contributed by atoms with Crippen LogP contribution in [0.1, 0.15) is 51.3 Å². The Balaban J connectivity index is 1.56. The van der Waals surface area contributed by atoms with Crippen LogP contribution < -0.4 is 15.0 Å². The Morgan fingerprint density at radius 1 is 1.14 bits per heavy atom. The number of carbonyl (C=O) groups is 3. The molecule has 0 atom stereocenters. The maximum absolute atomic E-state index is 13.1. The molecule has 1 saturated heterocycles. The van der Waals surface area contributed by atoms with Gasteiger partial charge in [-0.3, -0.25) is 19.3 Å². The summed E-state index contributed by atoms with van der Waals surface area (Å²) in [7, 11) is 1.56. The maximum atomic E-state index is 13.1. The average molecular weight is 520 g/mol. The minimum Gasteiger partial charge on any atom is -0.497 e. The van der Waals surface area contributed by atoms with Crippen LogP contribution in [0.15, 0.2) is 47.4 Å². The van der Waals surface area contributed by atoms with Gasteiger partial charge in [-0.1, -0.05) is 6.08 Å². The first-order valence-corrected chi connectivity index (χ1v) is 13.1. The van der Waals surface area contributed by atoms with Gasteiger partial charge in [-0.15, -0.1) is 0 Å². The molecule has 0 aliphatic carbocycles. The van der Waals surface area contributed by atoms with Gasteiger partial charge in [0.25, 0.3) is 11.1 Å². The highest BCUT2D eigenvalue weighted by Crippen LogP contribution is 2.42. The van der Waals surface area contributed by atoms with Crippen LogP contribution in [0.5, 0.6) is 5.75 Å². The van der Waals surface area contributed by atoms with Crippen LogP contribution in [0.3, 0.4) is 0 Å². The first-order chi connectivity index (χ1) is 17.4. The van der Waals surface area contributed by atoms with Crippen molar-refractivity contribution >= 4 is 51.8 Å². The van der Waals surface area contributed by atoms with E-state index in [1.54, 1.807) is 37.5 Å². The largest absolute Gasteiger partial charge is 0.497 e. The van der Waals surface area contributed by atoms with Crippen molar-refractivity contribution in [2.45, 2.75) is 53.1 Å². The summed E-state index contributed by atoms with van der Waals surface area (Å²) < 4.78 is 5.12. The third-order valence-electron chi connectivity index (χ3n) is 6.61. The molecule has 2 aromatic rings. The number of amides is 3. The first-order valence-electron chi connectivity index (χ1n) is 12.2. The molecule has 0 aromatic heterocycles. The van der Waals surface area contributed by atoms with Crippen LogP contribution in [0.4, 0.5) is 16.2 Å². The number of nitrogens with zero attached hydrogens (tertiary/aromatic N) is 2. The number of methoxy groups -OCH3 is 1. The average Bonchev–Trinajstić information content (AvgIpc) is 3.07. The Hall–Kier alpha value is -3.52. The lowest BCUT2D eigenvalue weighted by Gasteiger charge is -2.46. The van der Waals surface area contributed by atoms with Gasteiger partial charge in [0.1, 0.15) is 12.3 Å². The Labute approximate surface area is 222 Å². The van der Waals surface area contributed by atoms with Crippen molar-refractivity contribution in [3.8, 4) is 5.75 Å². The van der Waals surface area contributed by atoms with Gasteiger partial charge in [0, 0.05) is 23.0 Å². The number of rotatable bonds is 6. The monoisotopic (exact) mass is 519 g/mol. The summed E-state index contributed by atoms with van der Waals surface area (Å²) in [5.74, 6) is -0.247. The Morgan fingerprint density at radius 3 is 2.43 bits per heavy atom. The molecular formula is C29H33N3O4S. The van der Waals surface area contributed by atoms with Gasteiger partial charge < -0.3 is 15.0 Å². The summed E-state index contributed by atoms with van der Waals surface area (Å²) in [4.78, 5) is 41.9. The summed E-state index contributed by atoms with van der Waals surface area (Å²) in [5, 5.41) is 2.26. The smallest absolute Gasteiger partial charge is 0.294 e. The molecule has 2 aliphatic rings. The zero-order valence-electron chi connectivity index (χ0n) is 22.3. The van der Waals surface area contributed by atoms with Crippen LogP contribution >= 0.6 is 11.8 Å². The maximum Gasteiger partial charge on any atom is 0.294 e. The lowest BCUT2D eigenvalue weighted by atomic mass is 9.86. The van der Waals surface area contributed by atoms with E-state index in [2.05, 4.69) is 63.0 Å². The van der Waals surface area contributed by atoms with Gasteiger partial charge in [-0.2, -0.15) is 0 Å². The fourth-order valence-electron chi connectivity index (χ4n) is 5.11. The Bertz CT molecular complexity index is 1330. The fraction of sp³-hybridized carbons (Fsp3) is 0.345. The van der Waals surface area contributed by atoms with Crippen molar-refractivity contribution in [3.05, 3.63) is 64.1 Å². The number of fused-ring (bicyclic) bond motifs is 1. The Morgan fingerprint density at radius 2 is 1.81 bits per heavy atom. The van der Waals surface area contributed by atoms with E-state index in [1.165, 1.54) is 5.57 Å². The summed E-state index contributed by atoms with van der Waals surface area (Å²) in [6.45, 7) is 12.6. The number of carbonyl (C=O) groups excluding carboxylic acids is 3. The van der Waals surface area contributed by atoms with E-state index in [1.807, 2.05) is 6.92 Å². The quantitative estimate of drug-likeness (QED) is 0.466. The van der Waals surface area contributed by atoms with Gasteiger partial charge in [-0.25, -0.2) is 0 Å². The van der Waals surface area contributed by atoms with Crippen LogP contribution in [0.2, 0.25) is 0 Å². The molecule has 0 unspecified atom stereocenters. The Kier molecular flexibility index (Phi) is 7.24. The van der Waals surface area contributed by atoms with Crippen LogP contribution in [0, 0.1) is 6.92 Å². The second-order valence-electron chi connectivity index (χ2n) is 10.2. The zero-order valence-corrected chi connectivity index (χ0v) is 23.2. The number of benzene rings is 2. The van der Waals surface area contributed by atoms with E-state index >= 15 is 0 Å². The number of anilines is 2. The number of allylic oxidation sites excluding steroid dienone is 1.